The largest absolute Gasteiger partial charge is 0.396 e. The SMILES string of the molecule is CC(C)(NC(=O)c1ccc(F)c(N)c1)C1CC1. The van der Waals surface area contributed by atoms with Crippen LogP contribution in [0.25, 0.3) is 0 Å². The maximum Gasteiger partial charge on any atom is 0.251 e. The van der Waals surface area contributed by atoms with Crippen molar-refractivity contribution in [1.82, 2.24) is 5.32 Å². The van der Waals surface area contributed by atoms with Gasteiger partial charge in [-0.15, -0.1) is 0 Å². The van der Waals surface area contributed by atoms with E-state index in [0.717, 1.165) is 12.8 Å². The average Bonchev–Trinajstić information content (AvgIpc) is 3.04. The van der Waals surface area contributed by atoms with Gasteiger partial charge < -0.3 is 11.1 Å². The third kappa shape index (κ3) is 2.57. The predicted octanol–water partition coefficient (Wildman–Crippen LogP) is 2.33. The second-order valence-corrected chi connectivity index (χ2v) is 5.19. The van der Waals surface area contributed by atoms with E-state index in [9.17, 15) is 9.18 Å². The highest BCUT2D eigenvalue weighted by Crippen LogP contribution is 2.39. The van der Waals surface area contributed by atoms with Crippen molar-refractivity contribution >= 4 is 11.6 Å². The van der Waals surface area contributed by atoms with Crippen LogP contribution in [-0.2, 0) is 0 Å². The van der Waals surface area contributed by atoms with Crippen molar-refractivity contribution in [1.29, 1.82) is 0 Å². The number of nitrogens with one attached hydrogen (secondary N) is 1. The molecule has 0 bridgehead atoms. The molecule has 0 radical (unpaired) electrons. The Morgan fingerprint density at radius 2 is 2.12 bits per heavy atom. The number of amides is 1. The Balaban J connectivity index is 2.11. The summed E-state index contributed by atoms with van der Waals surface area (Å²) < 4.78 is 13.0. The van der Waals surface area contributed by atoms with Crippen LogP contribution in [0.1, 0.15) is 37.0 Å². The molecule has 1 aliphatic rings. The van der Waals surface area contributed by atoms with E-state index in [0.29, 0.717) is 11.5 Å². The summed E-state index contributed by atoms with van der Waals surface area (Å²) in [6.45, 7) is 4.02. The molecule has 92 valence electrons. The van der Waals surface area contributed by atoms with Gasteiger partial charge in [-0.2, -0.15) is 0 Å². The Kier molecular flexibility index (Phi) is 2.81. The van der Waals surface area contributed by atoms with Crippen molar-refractivity contribution < 1.29 is 9.18 Å². The van der Waals surface area contributed by atoms with E-state index in [-0.39, 0.29) is 17.1 Å². The van der Waals surface area contributed by atoms with Gasteiger partial charge in [0.25, 0.3) is 5.91 Å². The van der Waals surface area contributed by atoms with Gasteiger partial charge in [-0.25, -0.2) is 4.39 Å². The zero-order valence-electron chi connectivity index (χ0n) is 10.1. The smallest absolute Gasteiger partial charge is 0.251 e. The Morgan fingerprint density at radius 1 is 1.47 bits per heavy atom. The zero-order chi connectivity index (χ0) is 12.6. The number of benzene rings is 1. The number of hydrogen-bond donors (Lipinski definition) is 2. The van der Waals surface area contributed by atoms with Crippen molar-refractivity contribution in [2.45, 2.75) is 32.2 Å². The molecule has 0 aromatic heterocycles. The Morgan fingerprint density at radius 3 is 2.65 bits per heavy atom. The summed E-state index contributed by atoms with van der Waals surface area (Å²) in [7, 11) is 0. The number of halogens is 1. The Labute approximate surface area is 100 Å². The van der Waals surface area contributed by atoms with Crippen molar-refractivity contribution in [3.63, 3.8) is 0 Å². The molecular formula is C13H17FN2O. The van der Waals surface area contributed by atoms with Crippen molar-refractivity contribution in [3.8, 4) is 0 Å². The quantitative estimate of drug-likeness (QED) is 0.791. The van der Waals surface area contributed by atoms with Gasteiger partial charge in [-0.05, 0) is 50.8 Å². The standard InChI is InChI=1S/C13H17FN2O/c1-13(2,9-4-5-9)16-12(17)8-3-6-10(14)11(15)7-8/h3,6-7,9H,4-5,15H2,1-2H3,(H,16,17). The second-order valence-electron chi connectivity index (χ2n) is 5.19. The van der Waals surface area contributed by atoms with Crippen LogP contribution < -0.4 is 11.1 Å². The van der Waals surface area contributed by atoms with E-state index in [1.165, 1.54) is 18.2 Å². The molecule has 4 heteroatoms. The molecule has 3 N–H and O–H groups in total. The summed E-state index contributed by atoms with van der Waals surface area (Å²) >= 11 is 0. The molecule has 1 aliphatic carbocycles. The number of rotatable bonds is 3. The summed E-state index contributed by atoms with van der Waals surface area (Å²) in [5, 5.41) is 2.96. The monoisotopic (exact) mass is 236 g/mol. The van der Waals surface area contributed by atoms with Gasteiger partial charge >= 0.3 is 0 Å². The second kappa shape index (κ2) is 4.02. The van der Waals surface area contributed by atoms with Gasteiger partial charge in [0.2, 0.25) is 0 Å². The minimum absolute atomic E-state index is 0.00174. The van der Waals surface area contributed by atoms with Crippen LogP contribution in [0.3, 0.4) is 0 Å². The maximum absolute atomic E-state index is 13.0. The highest BCUT2D eigenvalue weighted by atomic mass is 19.1. The maximum atomic E-state index is 13.0. The first kappa shape index (κ1) is 11.9. The first-order chi connectivity index (χ1) is 7.90. The van der Waals surface area contributed by atoms with Crippen LogP contribution >= 0.6 is 0 Å². The molecule has 1 amide bonds. The number of nitrogen functional groups attached to an aromatic ring is 1. The van der Waals surface area contributed by atoms with E-state index < -0.39 is 5.82 Å². The molecule has 1 aromatic rings. The molecule has 2 rings (SSSR count). The van der Waals surface area contributed by atoms with Crippen LogP contribution in [0.2, 0.25) is 0 Å². The molecule has 0 unspecified atom stereocenters. The lowest BCUT2D eigenvalue weighted by Gasteiger charge is -2.26. The van der Waals surface area contributed by atoms with E-state index in [1.807, 2.05) is 13.8 Å². The molecular weight excluding hydrogens is 219 g/mol. The predicted molar refractivity (Wildman–Crippen MR) is 65.1 cm³/mol. The molecule has 0 atom stereocenters. The van der Waals surface area contributed by atoms with Gasteiger partial charge in [-0.1, -0.05) is 0 Å². The highest BCUT2D eigenvalue weighted by molar-refractivity contribution is 5.95. The summed E-state index contributed by atoms with van der Waals surface area (Å²) in [5.41, 5.74) is 5.63. The summed E-state index contributed by atoms with van der Waals surface area (Å²) in [6.07, 6.45) is 2.30. The molecule has 0 saturated heterocycles. The van der Waals surface area contributed by atoms with Crippen LogP contribution in [0.5, 0.6) is 0 Å². The normalized spacial score (nSPS) is 15.7. The van der Waals surface area contributed by atoms with Gasteiger partial charge in [-0.3, -0.25) is 4.79 Å². The molecule has 1 saturated carbocycles. The van der Waals surface area contributed by atoms with Crippen LogP contribution in [0.4, 0.5) is 10.1 Å². The number of hydrogen-bond acceptors (Lipinski definition) is 2. The lowest BCUT2D eigenvalue weighted by atomic mass is 9.98. The minimum atomic E-state index is -0.497. The van der Waals surface area contributed by atoms with Gasteiger partial charge in [0.1, 0.15) is 5.82 Å². The van der Waals surface area contributed by atoms with E-state index in [2.05, 4.69) is 5.32 Å². The summed E-state index contributed by atoms with van der Waals surface area (Å²) in [6, 6.07) is 4.03. The molecule has 0 heterocycles. The molecule has 17 heavy (non-hydrogen) atoms. The van der Waals surface area contributed by atoms with Gasteiger partial charge in [0.05, 0.1) is 5.69 Å². The lowest BCUT2D eigenvalue weighted by Crippen LogP contribution is -2.45. The fourth-order valence-electron chi connectivity index (χ4n) is 1.96. The molecule has 1 fully saturated rings. The summed E-state index contributed by atoms with van der Waals surface area (Å²) in [5.74, 6) is -0.152. The fourth-order valence-corrected chi connectivity index (χ4v) is 1.96. The molecule has 1 aromatic carbocycles. The number of carbonyl (C=O) groups excluding carboxylic acids is 1. The molecule has 0 spiro atoms. The Hall–Kier alpha value is -1.58. The first-order valence-corrected chi connectivity index (χ1v) is 5.77. The number of carbonyl (C=O) groups is 1. The van der Waals surface area contributed by atoms with E-state index in [1.54, 1.807) is 0 Å². The average molecular weight is 236 g/mol. The third-order valence-electron chi connectivity index (χ3n) is 3.29. The third-order valence-corrected chi connectivity index (χ3v) is 3.29. The van der Waals surface area contributed by atoms with Crippen LogP contribution in [0.15, 0.2) is 18.2 Å². The Bertz CT molecular complexity index is 453. The van der Waals surface area contributed by atoms with Crippen molar-refractivity contribution in [2.24, 2.45) is 5.92 Å². The zero-order valence-corrected chi connectivity index (χ0v) is 10.1. The van der Waals surface area contributed by atoms with Gasteiger partial charge in [0, 0.05) is 11.1 Å². The molecule has 3 nitrogen and oxygen atoms in total. The van der Waals surface area contributed by atoms with Crippen molar-refractivity contribution in [2.75, 3.05) is 5.73 Å². The fraction of sp³-hybridized carbons (Fsp3) is 0.462. The van der Waals surface area contributed by atoms with E-state index in [4.69, 9.17) is 5.73 Å². The number of anilines is 1. The topological polar surface area (TPSA) is 55.1 Å². The molecule has 0 aliphatic heterocycles. The summed E-state index contributed by atoms with van der Waals surface area (Å²) in [4.78, 5) is 12.0. The highest BCUT2D eigenvalue weighted by Gasteiger charge is 2.38. The van der Waals surface area contributed by atoms with E-state index >= 15 is 0 Å². The van der Waals surface area contributed by atoms with Crippen LogP contribution in [0, 0.1) is 11.7 Å². The van der Waals surface area contributed by atoms with Crippen molar-refractivity contribution in [3.05, 3.63) is 29.6 Å². The van der Waals surface area contributed by atoms with Crippen LogP contribution in [-0.4, -0.2) is 11.4 Å². The first-order valence-electron chi connectivity index (χ1n) is 5.77. The number of nitrogens with two attached hydrogens (primary N) is 1. The lowest BCUT2D eigenvalue weighted by molar-refractivity contribution is 0.0903. The van der Waals surface area contributed by atoms with Gasteiger partial charge in [0.15, 0.2) is 0 Å². The minimum Gasteiger partial charge on any atom is -0.396 e.